The Kier molecular flexibility index (Phi) is 5.75. The Bertz CT molecular complexity index is 542. The minimum absolute atomic E-state index is 0.103. The van der Waals surface area contributed by atoms with Gasteiger partial charge in [0.15, 0.2) is 0 Å². The average Bonchev–Trinajstić information content (AvgIpc) is 2.48. The Morgan fingerprint density at radius 2 is 2.40 bits per heavy atom. The lowest BCUT2D eigenvalue weighted by Crippen LogP contribution is -2.26. The molecule has 110 valence electrons. The summed E-state index contributed by atoms with van der Waals surface area (Å²) in [6, 6.07) is 0. The van der Waals surface area contributed by atoms with Crippen molar-refractivity contribution in [1.82, 2.24) is 15.1 Å². The van der Waals surface area contributed by atoms with Crippen molar-refractivity contribution >= 4 is 21.6 Å². The predicted octanol–water partition coefficient (Wildman–Crippen LogP) is 0.720. The molecular weight excluding hydrogens is 324 g/mol. The van der Waals surface area contributed by atoms with Crippen LogP contribution in [0.1, 0.15) is 12.8 Å². The van der Waals surface area contributed by atoms with Gasteiger partial charge in [-0.15, -0.1) is 0 Å². The lowest BCUT2D eigenvalue weighted by atomic mass is 10.1. The number of hydrogen-bond acceptors (Lipinski definition) is 5. The van der Waals surface area contributed by atoms with Crippen LogP contribution in [0.4, 0.5) is 5.69 Å². The fraction of sp³-hybridized carbons (Fsp3) is 0.538. The number of halogens is 1. The van der Waals surface area contributed by atoms with Crippen molar-refractivity contribution in [3.05, 3.63) is 32.7 Å². The summed E-state index contributed by atoms with van der Waals surface area (Å²) < 4.78 is 1.70. The third kappa shape index (κ3) is 3.91. The van der Waals surface area contributed by atoms with Crippen LogP contribution in [-0.2, 0) is 6.54 Å². The highest BCUT2D eigenvalue weighted by molar-refractivity contribution is 9.10. The van der Waals surface area contributed by atoms with E-state index in [-0.39, 0.29) is 18.7 Å². The van der Waals surface area contributed by atoms with E-state index in [2.05, 4.69) is 37.7 Å². The van der Waals surface area contributed by atoms with Crippen LogP contribution in [0.25, 0.3) is 0 Å². The molecule has 0 saturated carbocycles. The largest absolute Gasteiger partial charge is 0.394 e. The summed E-state index contributed by atoms with van der Waals surface area (Å²) in [6.45, 7) is 2.85. The smallest absolute Gasteiger partial charge is 0.283 e. The molecule has 0 amide bonds. The number of anilines is 1. The van der Waals surface area contributed by atoms with Gasteiger partial charge in [0.2, 0.25) is 0 Å². The van der Waals surface area contributed by atoms with Crippen molar-refractivity contribution in [1.29, 1.82) is 0 Å². The molecule has 0 fully saturated rings. The van der Waals surface area contributed by atoms with E-state index in [1.54, 1.807) is 6.20 Å². The summed E-state index contributed by atoms with van der Waals surface area (Å²) >= 11 is 3.29. The van der Waals surface area contributed by atoms with Gasteiger partial charge in [0.1, 0.15) is 4.47 Å². The minimum atomic E-state index is -0.231. The van der Waals surface area contributed by atoms with E-state index < -0.39 is 0 Å². The van der Waals surface area contributed by atoms with Crippen molar-refractivity contribution in [3.63, 3.8) is 0 Å². The molecule has 7 heteroatoms. The third-order valence-electron chi connectivity index (χ3n) is 3.22. The van der Waals surface area contributed by atoms with Gasteiger partial charge >= 0.3 is 0 Å². The Hall–Kier alpha value is -1.18. The molecule has 6 nitrogen and oxygen atoms in total. The van der Waals surface area contributed by atoms with E-state index in [1.807, 2.05) is 0 Å². The molecule has 2 heterocycles. The lowest BCUT2D eigenvalue weighted by molar-refractivity contribution is 0.266. The van der Waals surface area contributed by atoms with E-state index in [0.717, 1.165) is 32.5 Å². The summed E-state index contributed by atoms with van der Waals surface area (Å²) in [5, 5.41) is 19.4. The van der Waals surface area contributed by atoms with Crippen molar-refractivity contribution in [2.45, 2.75) is 19.4 Å². The molecule has 0 spiro atoms. The topological polar surface area (TPSA) is 79.2 Å². The summed E-state index contributed by atoms with van der Waals surface area (Å²) in [7, 11) is 0. The number of rotatable bonds is 6. The summed E-state index contributed by atoms with van der Waals surface area (Å²) in [5.74, 6) is 0. The van der Waals surface area contributed by atoms with Gasteiger partial charge in [0.25, 0.3) is 5.56 Å². The SMILES string of the molecule is O=c1c(Br)c(NCCC2=CCNCC2)cnn1CCO. The maximum absolute atomic E-state index is 11.9. The fourth-order valence-electron chi connectivity index (χ4n) is 2.10. The van der Waals surface area contributed by atoms with Crippen LogP contribution in [0.3, 0.4) is 0 Å². The second-order valence-electron chi connectivity index (χ2n) is 4.62. The maximum Gasteiger partial charge on any atom is 0.283 e. The monoisotopic (exact) mass is 342 g/mol. The highest BCUT2D eigenvalue weighted by Gasteiger charge is 2.09. The molecule has 0 radical (unpaired) electrons. The molecule has 0 bridgehead atoms. The molecule has 1 aromatic heterocycles. The van der Waals surface area contributed by atoms with E-state index in [1.165, 1.54) is 10.3 Å². The molecule has 0 saturated heterocycles. The number of nitrogens with zero attached hydrogens (tertiary/aromatic N) is 2. The van der Waals surface area contributed by atoms with Gasteiger partial charge in [0, 0.05) is 13.1 Å². The lowest BCUT2D eigenvalue weighted by Gasteiger charge is -2.15. The van der Waals surface area contributed by atoms with Crippen LogP contribution in [-0.4, -0.2) is 41.1 Å². The van der Waals surface area contributed by atoms with Gasteiger partial charge in [-0.2, -0.15) is 5.10 Å². The highest BCUT2D eigenvalue weighted by atomic mass is 79.9. The number of aliphatic hydroxyl groups is 1. The maximum atomic E-state index is 11.9. The first-order valence-corrected chi connectivity index (χ1v) is 7.50. The zero-order valence-corrected chi connectivity index (χ0v) is 12.8. The van der Waals surface area contributed by atoms with Gasteiger partial charge in [-0.3, -0.25) is 4.79 Å². The normalized spacial score (nSPS) is 15.0. The Balaban J connectivity index is 1.94. The first kappa shape index (κ1) is 15.2. The second kappa shape index (κ2) is 7.56. The molecule has 2 rings (SSSR count). The summed E-state index contributed by atoms with van der Waals surface area (Å²) in [4.78, 5) is 11.9. The van der Waals surface area contributed by atoms with Gasteiger partial charge < -0.3 is 15.7 Å². The van der Waals surface area contributed by atoms with Crippen LogP contribution in [0.15, 0.2) is 27.1 Å². The highest BCUT2D eigenvalue weighted by Crippen LogP contribution is 2.17. The quantitative estimate of drug-likeness (QED) is 0.664. The van der Waals surface area contributed by atoms with Gasteiger partial charge in [0.05, 0.1) is 25.0 Å². The first-order chi connectivity index (χ1) is 9.72. The Labute approximate surface area is 126 Å². The van der Waals surface area contributed by atoms with Crippen LogP contribution < -0.4 is 16.2 Å². The van der Waals surface area contributed by atoms with Gasteiger partial charge in [-0.25, -0.2) is 4.68 Å². The predicted molar refractivity (Wildman–Crippen MR) is 82.0 cm³/mol. The summed E-state index contributed by atoms with van der Waals surface area (Å²) in [5.41, 5.74) is 1.90. The number of nitrogens with one attached hydrogen (secondary N) is 2. The molecule has 0 unspecified atom stereocenters. The number of aromatic nitrogens is 2. The van der Waals surface area contributed by atoms with E-state index >= 15 is 0 Å². The van der Waals surface area contributed by atoms with Crippen molar-refractivity contribution in [2.75, 3.05) is 31.6 Å². The molecule has 1 aliphatic rings. The van der Waals surface area contributed by atoms with Gasteiger partial charge in [-0.1, -0.05) is 11.6 Å². The van der Waals surface area contributed by atoms with Crippen molar-refractivity contribution in [3.8, 4) is 0 Å². The molecule has 20 heavy (non-hydrogen) atoms. The number of aliphatic hydroxyl groups excluding tert-OH is 1. The van der Waals surface area contributed by atoms with Crippen LogP contribution in [0.2, 0.25) is 0 Å². The molecule has 0 aliphatic carbocycles. The zero-order chi connectivity index (χ0) is 14.4. The summed E-state index contributed by atoms with van der Waals surface area (Å²) in [6.07, 6.45) is 5.88. The minimum Gasteiger partial charge on any atom is -0.394 e. The van der Waals surface area contributed by atoms with Crippen molar-refractivity contribution < 1.29 is 5.11 Å². The van der Waals surface area contributed by atoms with Crippen molar-refractivity contribution in [2.24, 2.45) is 0 Å². The molecule has 3 N–H and O–H groups in total. The second-order valence-corrected chi connectivity index (χ2v) is 5.41. The van der Waals surface area contributed by atoms with E-state index in [4.69, 9.17) is 5.11 Å². The number of hydrogen-bond donors (Lipinski definition) is 3. The van der Waals surface area contributed by atoms with Crippen LogP contribution in [0.5, 0.6) is 0 Å². The Morgan fingerprint density at radius 3 is 3.10 bits per heavy atom. The first-order valence-electron chi connectivity index (χ1n) is 6.71. The van der Waals surface area contributed by atoms with Gasteiger partial charge in [-0.05, 0) is 35.3 Å². The van der Waals surface area contributed by atoms with Crippen LogP contribution in [0, 0.1) is 0 Å². The molecule has 0 atom stereocenters. The van der Waals surface area contributed by atoms with E-state index in [9.17, 15) is 4.79 Å². The molecular formula is C13H19BrN4O2. The zero-order valence-electron chi connectivity index (χ0n) is 11.2. The molecule has 0 aromatic carbocycles. The average molecular weight is 343 g/mol. The molecule has 1 aromatic rings. The van der Waals surface area contributed by atoms with E-state index in [0.29, 0.717) is 10.2 Å². The standard InChI is InChI=1S/C13H19BrN4O2/c14-12-11(9-17-18(7-8-19)13(12)20)16-6-3-10-1-4-15-5-2-10/h1,9,15-16,19H,2-8H2. The Morgan fingerprint density at radius 1 is 1.55 bits per heavy atom. The molecule has 1 aliphatic heterocycles. The third-order valence-corrected chi connectivity index (χ3v) is 3.98. The fourth-order valence-corrected chi connectivity index (χ4v) is 2.54. The van der Waals surface area contributed by atoms with Crippen LogP contribution >= 0.6 is 15.9 Å².